The smallest absolute Gasteiger partial charge is 0.316 e. The van der Waals surface area contributed by atoms with Crippen LogP contribution < -0.4 is 0 Å². The van der Waals surface area contributed by atoms with Crippen LogP contribution in [-0.4, -0.2) is 29.9 Å². The maximum atomic E-state index is 14.5. The van der Waals surface area contributed by atoms with Crippen LogP contribution in [-0.2, 0) is 14.3 Å². The summed E-state index contributed by atoms with van der Waals surface area (Å²) in [5.74, 6) is -1.82. The lowest BCUT2D eigenvalue weighted by Gasteiger charge is -2.26. The number of amides is 1. The molecule has 2 aliphatic rings. The first-order chi connectivity index (χ1) is 11.0. The summed E-state index contributed by atoms with van der Waals surface area (Å²) in [6.45, 7) is 4.00. The Morgan fingerprint density at radius 3 is 2.57 bits per heavy atom. The molecule has 0 radical (unpaired) electrons. The van der Waals surface area contributed by atoms with Crippen molar-refractivity contribution in [3.63, 3.8) is 0 Å². The molecular formula is C18H20FNO3. The molecule has 5 heteroatoms. The van der Waals surface area contributed by atoms with E-state index >= 15 is 0 Å². The van der Waals surface area contributed by atoms with Gasteiger partial charge in [-0.2, -0.15) is 0 Å². The van der Waals surface area contributed by atoms with Gasteiger partial charge in [0.1, 0.15) is 0 Å². The van der Waals surface area contributed by atoms with Gasteiger partial charge >= 0.3 is 5.97 Å². The molecule has 1 fully saturated rings. The van der Waals surface area contributed by atoms with Gasteiger partial charge in [-0.15, -0.1) is 0 Å². The zero-order valence-electron chi connectivity index (χ0n) is 13.3. The maximum absolute atomic E-state index is 14.5. The van der Waals surface area contributed by atoms with E-state index in [0.29, 0.717) is 18.4 Å². The summed E-state index contributed by atoms with van der Waals surface area (Å²) in [7, 11) is 0. The number of benzene rings is 1. The molecule has 122 valence electrons. The highest BCUT2D eigenvalue weighted by atomic mass is 19.1. The van der Waals surface area contributed by atoms with E-state index in [2.05, 4.69) is 0 Å². The van der Waals surface area contributed by atoms with E-state index in [1.165, 1.54) is 4.90 Å². The van der Waals surface area contributed by atoms with Gasteiger partial charge in [-0.3, -0.25) is 9.59 Å². The molecule has 0 bridgehead atoms. The summed E-state index contributed by atoms with van der Waals surface area (Å²) in [5, 5.41) is 0. The van der Waals surface area contributed by atoms with Crippen molar-refractivity contribution in [2.75, 3.05) is 13.2 Å². The molecule has 0 N–H and O–H groups in total. The van der Waals surface area contributed by atoms with E-state index in [1.807, 2.05) is 37.3 Å². The van der Waals surface area contributed by atoms with Gasteiger partial charge in [-0.1, -0.05) is 30.3 Å². The van der Waals surface area contributed by atoms with Crippen LogP contribution in [0.2, 0.25) is 0 Å². The largest absolute Gasteiger partial charge is 0.465 e. The molecule has 1 aromatic rings. The Bertz CT molecular complexity index is 664. The quantitative estimate of drug-likeness (QED) is 0.784. The van der Waals surface area contributed by atoms with Crippen LogP contribution in [0.5, 0.6) is 0 Å². The van der Waals surface area contributed by atoms with E-state index in [4.69, 9.17) is 4.74 Å². The maximum Gasteiger partial charge on any atom is 0.316 e. The Hall–Kier alpha value is -2.17. The molecule has 0 spiro atoms. The highest BCUT2D eigenvalue weighted by Gasteiger charge is 2.58. The molecule has 3 rings (SSSR count). The Morgan fingerprint density at radius 1 is 1.35 bits per heavy atom. The van der Waals surface area contributed by atoms with E-state index in [-0.39, 0.29) is 19.2 Å². The van der Waals surface area contributed by atoms with Gasteiger partial charge in [0.2, 0.25) is 0 Å². The van der Waals surface area contributed by atoms with Crippen molar-refractivity contribution in [1.82, 2.24) is 4.90 Å². The second-order valence-electron chi connectivity index (χ2n) is 6.11. The van der Waals surface area contributed by atoms with Gasteiger partial charge in [0, 0.05) is 12.1 Å². The lowest BCUT2D eigenvalue weighted by atomic mass is 9.96. The first-order valence-electron chi connectivity index (χ1n) is 7.93. The van der Waals surface area contributed by atoms with Crippen molar-refractivity contribution in [1.29, 1.82) is 0 Å². The van der Waals surface area contributed by atoms with E-state index < -0.39 is 23.1 Å². The van der Waals surface area contributed by atoms with E-state index in [1.54, 1.807) is 6.92 Å². The summed E-state index contributed by atoms with van der Waals surface area (Å²) >= 11 is 0. The summed E-state index contributed by atoms with van der Waals surface area (Å²) < 4.78 is 19.6. The third-order valence-corrected chi connectivity index (χ3v) is 4.79. The van der Waals surface area contributed by atoms with Crippen LogP contribution in [0, 0.1) is 5.41 Å². The predicted molar refractivity (Wildman–Crippen MR) is 83.0 cm³/mol. The molecular weight excluding hydrogens is 297 g/mol. The first-order valence-corrected chi connectivity index (χ1v) is 7.93. The van der Waals surface area contributed by atoms with Crippen molar-refractivity contribution in [3.8, 4) is 0 Å². The highest BCUT2D eigenvalue weighted by Crippen LogP contribution is 2.56. The van der Waals surface area contributed by atoms with Crippen LogP contribution in [0.1, 0.15) is 38.3 Å². The minimum atomic E-state index is -0.916. The molecule has 1 unspecified atom stereocenters. The first kappa shape index (κ1) is 15.7. The summed E-state index contributed by atoms with van der Waals surface area (Å²) in [4.78, 5) is 26.0. The minimum absolute atomic E-state index is 0.152. The monoisotopic (exact) mass is 317 g/mol. The standard InChI is InChI=1S/C18H20FNO3/c1-3-23-17(22)18(9-10-18)14-11-20(16(21)15(14)19)12(2)13-7-5-4-6-8-13/h4-8,12H,3,9-11H2,1-2H3. The van der Waals surface area contributed by atoms with Crippen molar-refractivity contribution in [2.24, 2.45) is 5.41 Å². The van der Waals surface area contributed by atoms with Gasteiger partial charge in [0.25, 0.3) is 5.91 Å². The number of hydrogen-bond donors (Lipinski definition) is 0. The fourth-order valence-corrected chi connectivity index (χ4v) is 3.18. The average molecular weight is 317 g/mol. The second kappa shape index (κ2) is 5.80. The van der Waals surface area contributed by atoms with Gasteiger partial charge in [0.05, 0.1) is 18.1 Å². The minimum Gasteiger partial charge on any atom is -0.465 e. The Kier molecular flexibility index (Phi) is 3.96. The lowest BCUT2D eigenvalue weighted by Crippen LogP contribution is -2.31. The van der Waals surface area contributed by atoms with Crippen molar-refractivity contribution < 1.29 is 18.7 Å². The number of nitrogens with zero attached hydrogens (tertiary/aromatic N) is 1. The van der Waals surface area contributed by atoms with Gasteiger partial charge in [-0.25, -0.2) is 4.39 Å². The van der Waals surface area contributed by atoms with Gasteiger partial charge in [-0.05, 0) is 32.3 Å². The Morgan fingerprint density at radius 2 is 2.00 bits per heavy atom. The molecule has 0 aromatic heterocycles. The normalized spacial score (nSPS) is 20.7. The molecule has 1 atom stereocenters. The number of hydrogen-bond acceptors (Lipinski definition) is 3. The number of rotatable bonds is 5. The zero-order chi connectivity index (χ0) is 16.6. The summed E-state index contributed by atoms with van der Waals surface area (Å²) in [5.41, 5.74) is 0.320. The molecule has 1 heterocycles. The Balaban J connectivity index is 1.83. The zero-order valence-corrected chi connectivity index (χ0v) is 13.3. The molecule has 1 amide bonds. The van der Waals surface area contributed by atoms with Crippen LogP contribution >= 0.6 is 0 Å². The summed E-state index contributed by atoms with van der Waals surface area (Å²) in [6, 6.07) is 9.24. The van der Waals surface area contributed by atoms with Crippen LogP contribution in [0.4, 0.5) is 4.39 Å². The number of carbonyl (C=O) groups is 2. The fourth-order valence-electron chi connectivity index (χ4n) is 3.18. The lowest BCUT2D eigenvalue weighted by molar-refractivity contribution is -0.148. The van der Waals surface area contributed by atoms with Crippen LogP contribution in [0.3, 0.4) is 0 Å². The molecule has 1 saturated carbocycles. The topological polar surface area (TPSA) is 46.6 Å². The third-order valence-electron chi connectivity index (χ3n) is 4.79. The predicted octanol–water partition coefficient (Wildman–Crippen LogP) is 3.16. The molecule has 0 saturated heterocycles. The molecule has 4 nitrogen and oxygen atoms in total. The number of esters is 1. The molecule has 23 heavy (non-hydrogen) atoms. The van der Waals surface area contributed by atoms with Crippen molar-refractivity contribution in [2.45, 2.75) is 32.7 Å². The van der Waals surface area contributed by atoms with Gasteiger partial charge in [0.15, 0.2) is 5.83 Å². The number of carbonyl (C=O) groups excluding carboxylic acids is 2. The Labute approximate surface area is 134 Å². The van der Waals surface area contributed by atoms with E-state index in [9.17, 15) is 14.0 Å². The van der Waals surface area contributed by atoms with Crippen molar-refractivity contribution >= 4 is 11.9 Å². The summed E-state index contributed by atoms with van der Waals surface area (Å²) in [6.07, 6.45) is 1.10. The molecule has 1 aromatic carbocycles. The number of ether oxygens (including phenoxy) is 1. The van der Waals surface area contributed by atoms with E-state index in [0.717, 1.165) is 5.56 Å². The van der Waals surface area contributed by atoms with Crippen LogP contribution in [0.15, 0.2) is 41.7 Å². The van der Waals surface area contributed by atoms with Gasteiger partial charge < -0.3 is 9.64 Å². The average Bonchev–Trinajstić information content (AvgIpc) is 3.31. The molecule has 1 aliphatic carbocycles. The highest BCUT2D eigenvalue weighted by molar-refractivity contribution is 5.98. The van der Waals surface area contributed by atoms with Crippen LogP contribution in [0.25, 0.3) is 0 Å². The third kappa shape index (κ3) is 2.54. The number of halogens is 1. The molecule has 1 aliphatic heterocycles. The fraction of sp³-hybridized carbons (Fsp3) is 0.444. The van der Waals surface area contributed by atoms with Crippen molar-refractivity contribution in [3.05, 3.63) is 47.3 Å². The SMILES string of the molecule is CCOC(=O)C1(C2=C(F)C(=O)N(C(C)c3ccccc3)C2)CC1. The second-order valence-corrected chi connectivity index (χ2v) is 6.11.